The first-order chi connectivity index (χ1) is 28.2. The summed E-state index contributed by atoms with van der Waals surface area (Å²) >= 11 is 3.95. The van der Waals surface area contributed by atoms with E-state index in [0.29, 0.717) is 0 Å². The quantitative estimate of drug-likeness (QED) is 0.128. The molecule has 0 atom stereocenters. The zero-order valence-corrected chi connectivity index (χ0v) is 33.9. The summed E-state index contributed by atoms with van der Waals surface area (Å²) in [6.45, 7) is 4.68. The van der Waals surface area contributed by atoms with E-state index in [1.165, 1.54) is 145 Å². The lowest BCUT2D eigenvalue weighted by atomic mass is 9.58. The summed E-state index contributed by atoms with van der Waals surface area (Å²) in [4.78, 5) is 2.70. The van der Waals surface area contributed by atoms with Gasteiger partial charge in [-0.15, -0.1) is 0 Å². The van der Waals surface area contributed by atoms with Crippen molar-refractivity contribution in [2.45, 2.75) is 62.1 Å². The molecule has 5 heterocycles. The first-order valence-electron chi connectivity index (χ1n) is 21.4. The lowest BCUT2D eigenvalue weighted by molar-refractivity contribution is 0.433. The lowest BCUT2D eigenvalue weighted by Gasteiger charge is -2.45. The van der Waals surface area contributed by atoms with E-state index in [9.17, 15) is 0 Å². The van der Waals surface area contributed by atoms with Crippen molar-refractivity contribution in [2.24, 2.45) is 0 Å². The van der Waals surface area contributed by atoms with Crippen LogP contribution in [0.2, 0.25) is 0 Å². The second kappa shape index (κ2) is 12.2. The molecule has 7 aromatic carbocycles. The topological polar surface area (TPSA) is 15.5 Å². The maximum absolute atomic E-state index is 6.92. The molecule has 0 amide bonds. The SMILES string of the molecule is BrCc1ccccc1C1=c2cc3cc4c5c(c3cc2C2(c3ccccc3Oc3ccccc32)c2cc3c6c7c(cc3cc21)CCCN7CCC6)CCC[N+]=5CCC4. The van der Waals surface area contributed by atoms with Gasteiger partial charge in [0.25, 0.3) is 0 Å². The van der Waals surface area contributed by atoms with E-state index >= 15 is 0 Å². The Morgan fingerprint density at radius 2 is 1.25 bits per heavy atom. The van der Waals surface area contributed by atoms with Gasteiger partial charge in [-0.1, -0.05) is 76.6 Å². The molecule has 5 aliphatic heterocycles. The normalized spacial score (nSPS) is 18.0. The van der Waals surface area contributed by atoms with Crippen LogP contribution in [-0.4, -0.2) is 26.2 Å². The Hall–Kier alpha value is -5.19. The van der Waals surface area contributed by atoms with Crippen molar-refractivity contribution >= 4 is 48.7 Å². The predicted molar refractivity (Wildman–Crippen MR) is 236 cm³/mol. The van der Waals surface area contributed by atoms with Crippen molar-refractivity contribution in [3.8, 4) is 11.5 Å². The Kier molecular flexibility index (Phi) is 7.01. The number of ether oxygens (including phenoxy) is 1. The van der Waals surface area contributed by atoms with Crippen molar-refractivity contribution in [3.63, 3.8) is 0 Å². The summed E-state index contributed by atoms with van der Waals surface area (Å²) in [5, 5.41) is 9.29. The third-order valence-electron chi connectivity index (χ3n) is 14.5. The number of aryl methyl sites for hydroxylation is 4. The van der Waals surface area contributed by atoms with E-state index in [1.807, 2.05) is 0 Å². The molecule has 3 nitrogen and oxygen atoms in total. The number of rotatable bonds is 2. The zero-order valence-electron chi connectivity index (χ0n) is 32.3. The van der Waals surface area contributed by atoms with Crippen LogP contribution in [0.25, 0.3) is 27.1 Å². The molecule has 57 heavy (non-hydrogen) atoms. The summed E-state index contributed by atoms with van der Waals surface area (Å²) in [7, 11) is 0. The molecular formula is C53H44BrN2O+. The minimum Gasteiger partial charge on any atom is -0.457 e. The predicted octanol–water partition coefficient (Wildman–Crippen LogP) is 10.0. The van der Waals surface area contributed by atoms with Crippen LogP contribution in [-0.2, 0) is 36.4 Å². The first kappa shape index (κ1) is 32.8. The fourth-order valence-corrected chi connectivity index (χ4v) is 12.9. The van der Waals surface area contributed by atoms with Gasteiger partial charge in [-0.25, -0.2) is 4.58 Å². The monoisotopic (exact) mass is 803 g/mol. The standard InChI is InChI=1S/C53H44BrN2O/c54-31-34-11-1-2-14-37(34)50-42-27-35-25-32-12-7-21-55-23-9-15-38(51(32)55)40(35)29-46(42)53(44-17-3-5-19-48(44)57-49-20-6-4-18-45(49)53)47-30-41-36(28-43(47)50)26-33-13-8-22-56-24-10-16-39(41)52(33)56/h1-6,11,14,17-20,25-30H,7-10,12-13,15-16,21-24,31H2/q+1. The molecule has 0 fully saturated rings. The number of halogens is 1. The molecule has 4 heteroatoms. The van der Waals surface area contributed by atoms with Crippen LogP contribution < -0.4 is 24.8 Å². The van der Waals surface area contributed by atoms with Crippen molar-refractivity contribution in [1.82, 2.24) is 4.58 Å². The van der Waals surface area contributed by atoms with Crippen LogP contribution in [0.4, 0.5) is 5.69 Å². The molecule has 278 valence electrons. The number of benzene rings is 7. The van der Waals surface area contributed by atoms with E-state index in [4.69, 9.17) is 4.74 Å². The fraction of sp³-hybridized carbons (Fsp3) is 0.264. The van der Waals surface area contributed by atoms with Crippen LogP contribution in [0, 0.1) is 0 Å². The molecule has 0 unspecified atom stereocenters. The average molecular weight is 805 g/mol. The molecule has 6 aliphatic rings. The van der Waals surface area contributed by atoms with Gasteiger partial charge in [-0.2, -0.15) is 0 Å². The summed E-state index contributed by atoms with van der Waals surface area (Å²) in [6, 6.07) is 42.7. The van der Waals surface area contributed by atoms with Crippen LogP contribution in [0.5, 0.6) is 11.5 Å². The number of hydrogen-bond acceptors (Lipinski definition) is 2. The molecule has 0 saturated heterocycles. The summed E-state index contributed by atoms with van der Waals surface area (Å²) in [6.07, 6.45) is 9.48. The second-order valence-electron chi connectivity index (χ2n) is 17.4. The highest BCUT2D eigenvalue weighted by Gasteiger charge is 2.50. The molecule has 1 spiro atoms. The van der Waals surface area contributed by atoms with Crippen molar-refractivity contribution in [1.29, 1.82) is 0 Å². The van der Waals surface area contributed by atoms with Gasteiger partial charge < -0.3 is 9.64 Å². The third kappa shape index (κ3) is 4.40. The summed E-state index contributed by atoms with van der Waals surface area (Å²) in [5.74, 6) is 1.90. The molecule has 1 aliphatic carbocycles. The minimum atomic E-state index is -0.598. The molecule has 7 aromatic rings. The van der Waals surface area contributed by atoms with Crippen molar-refractivity contribution in [2.75, 3.05) is 31.1 Å². The van der Waals surface area contributed by atoms with Gasteiger partial charge in [0.15, 0.2) is 0 Å². The van der Waals surface area contributed by atoms with E-state index in [0.717, 1.165) is 42.5 Å². The van der Waals surface area contributed by atoms with E-state index in [1.54, 1.807) is 11.1 Å². The molecular weight excluding hydrogens is 760 g/mol. The van der Waals surface area contributed by atoms with Crippen LogP contribution in [0.3, 0.4) is 0 Å². The van der Waals surface area contributed by atoms with Gasteiger partial charge in [0.2, 0.25) is 5.36 Å². The van der Waals surface area contributed by atoms with Gasteiger partial charge in [0, 0.05) is 59.2 Å². The van der Waals surface area contributed by atoms with E-state index in [-0.39, 0.29) is 0 Å². The molecule has 0 radical (unpaired) electrons. The van der Waals surface area contributed by atoms with Crippen LogP contribution >= 0.6 is 15.9 Å². The van der Waals surface area contributed by atoms with Crippen molar-refractivity contribution in [3.05, 3.63) is 181 Å². The van der Waals surface area contributed by atoms with E-state index < -0.39 is 5.41 Å². The average Bonchev–Trinajstić information content (AvgIpc) is 3.26. The van der Waals surface area contributed by atoms with Gasteiger partial charge in [-0.3, -0.25) is 0 Å². The molecule has 0 N–H and O–H groups in total. The molecule has 0 bridgehead atoms. The Labute approximate surface area is 342 Å². The number of anilines is 1. The van der Waals surface area contributed by atoms with E-state index in [2.05, 4.69) is 135 Å². The zero-order chi connectivity index (χ0) is 37.4. The highest BCUT2D eigenvalue weighted by Crippen LogP contribution is 2.59. The Morgan fingerprint density at radius 3 is 2.07 bits per heavy atom. The summed E-state index contributed by atoms with van der Waals surface area (Å²) < 4.78 is 9.62. The molecule has 13 rings (SSSR count). The Balaban J connectivity index is 1.29. The second-order valence-corrected chi connectivity index (χ2v) is 17.9. The molecule has 0 aromatic heterocycles. The number of nitrogens with zero attached hydrogens (tertiary/aromatic N) is 2. The highest BCUT2D eigenvalue weighted by molar-refractivity contribution is 9.08. The Bertz CT molecular complexity index is 3020. The minimum absolute atomic E-state index is 0.598. The maximum atomic E-state index is 6.92. The lowest BCUT2D eigenvalue weighted by Crippen LogP contribution is -2.44. The first-order valence-corrected chi connectivity index (χ1v) is 22.5. The summed E-state index contributed by atoms with van der Waals surface area (Å²) in [5.41, 5.74) is 17.7. The third-order valence-corrected chi connectivity index (χ3v) is 15.1. The smallest absolute Gasteiger partial charge is 0.206 e. The van der Waals surface area contributed by atoms with Crippen molar-refractivity contribution < 1.29 is 4.74 Å². The Morgan fingerprint density at radius 1 is 0.596 bits per heavy atom. The van der Waals surface area contributed by atoms with Gasteiger partial charge in [0.1, 0.15) is 24.6 Å². The number of fused-ring (bicyclic) bond motifs is 12. The fourth-order valence-electron chi connectivity index (χ4n) is 12.4. The number of hydrogen-bond donors (Lipinski definition) is 0. The molecule has 0 saturated carbocycles. The largest absolute Gasteiger partial charge is 0.457 e. The van der Waals surface area contributed by atoms with Gasteiger partial charge in [-0.05, 0) is 158 Å². The number of alkyl halides is 1. The van der Waals surface area contributed by atoms with Gasteiger partial charge >= 0.3 is 0 Å². The highest BCUT2D eigenvalue weighted by atomic mass is 79.9. The van der Waals surface area contributed by atoms with Gasteiger partial charge in [0.05, 0.1) is 5.41 Å². The van der Waals surface area contributed by atoms with Crippen LogP contribution in [0.1, 0.15) is 86.9 Å². The number of para-hydroxylation sites is 2. The van der Waals surface area contributed by atoms with Crippen LogP contribution in [0.15, 0.2) is 109 Å². The maximum Gasteiger partial charge on any atom is 0.206 e.